The molecule has 1 saturated heterocycles. The van der Waals surface area contributed by atoms with E-state index in [-0.39, 0.29) is 24.2 Å². The molecule has 1 aliphatic carbocycles. The van der Waals surface area contributed by atoms with Crippen molar-refractivity contribution in [1.29, 1.82) is 0 Å². The SMILES string of the molecule is Cc1nc(C)n([C@H]2CCCN(C(=O)[C@H](C)OC3CCCC3)C2)n1. The van der Waals surface area contributed by atoms with E-state index in [1.165, 1.54) is 12.8 Å². The maximum atomic E-state index is 12.7. The van der Waals surface area contributed by atoms with Gasteiger partial charge in [-0.2, -0.15) is 5.10 Å². The molecule has 1 aromatic heterocycles. The molecule has 2 heterocycles. The highest BCUT2D eigenvalue weighted by atomic mass is 16.5. The van der Waals surface area contributed by atoms with Gasteiger partial charge in [0.2, 0.25) is 0 Å². The maximum Gasteiger partial charge on any atom is 0.251 e. The normalized spacial score (nSPS) is 24.1. The Bertz CT molecular complexity index is 551. The van der Waals surface area contributed by atoms with Crippen molar-refractivity contribution < 1.29 is 9.53 Å². The van der Waals surface area contributed by atoms with Crippen LogP contribution in [0.5, 0.6) is 0 Å². The monoisotopic (exact) mass is 320 g/mol. The Hall–Kier alpha value is -1.43. The lowest BCUT2D eigenvalue weighted by molar-refractivity contribution is -0.147. The molecule has 0 unspecified atom stereocenters. The number of rotatable bonds is 4. The summed E-state index contributed by atoms with van der Waals surface area (Å²) in [5, 5.41) is 4.49. The van der Waals surface area contributed by atoms with Crippen LogP contribution in [0.2, 0.25) is 0 Å². The third kappa shape index (κ3) is 3.74. The van der Waals surface area contributed by atoms with Gasteiger partial charge in [0, 0.05) is 13.1 Å². The summed E-state index contributed by atoms with van der Waals surface area (Å²) in [6.45, 7) is 7.32. The summed E-state index contributed by atoms with van der Waals surface area (Å²) in [6.07, 6.45) is 6.63. The first-order chi connectivity index (χ1) is 11.0. The molecular formula is C17H28N4O2. The predicted molar refractivity (Wildman–Crippen MR) is 87.2 cm³/mol. The highest BCUT2D eigenvalue weighted by Gasteiger charge is 2.30. The fourth-order valence-corrected chi connectivity index (χ4v) is 3.86. The number of aromatic nitrogens is 3. The second-order valence-corrected chi connectivity index (χ2v) is 6.92. The maximum absolute atomic E-state index is 12.7. The molecule has 1 aliphatic heterocycles. The highest BCUT2D eigenvalue weighted by Crippen LogP contribution is 2.25. The summed E-state index contributed by atoms with van der Waals surface area (Å²) in [5.74, 6) is 1.84. The summed E-state index contributed by atoms with van der Waals surface area (Å²) in [7, 11) is 0. The number of hydrogen-bond acceptors (Lipinski definition) is 4. The van der Waals surface area contributed by atoms with Gasteiger partial charge in [-0.3, -0.25) is 4.79 Å². The van der Waals surface area contributed by atoms with E-state index < -0.39 is 0 Å². The first-order valence-corrected chi connectivity index (χ1v) is 8.88. The van der Waals surface area contributed by atoms with Crippen LogP contribution in [0.25, 0.3) is 0 Å². The molecule has 1 amide bonds. The van der Waals surface area contributed by atoms with Gasteiger partial charge in [-0.05, 0) is 46.5 Å². The average Bonchev–Trinajstić information content (AvgIpc) is 3.16. The van der Waals surface area contributed by atoms with E-state index in [4.69, 9.17) is 4.74 Å². The number of aryl methyl sites for hydroxylation is 2. The van der Waals surface area contributed by atoms with Crippen LogP contribution in [-0.4, -0.2) is 50.9 Å². The molecule has 0 radical (unpaired) electrons. The lowest BCUT2D eigenvalue weighted by Crippen LogP contribution is -2.46. The minimum Gasteiger partial charge on any atom is -0.365 e. The molecule has 2 atom stereocenters. The topological polar surface area (TPSA) is 60.2 Å². The van der Waals surface area contributed by atoms with Gasteiger partial charge in [-0.25, -0.2) is 9.67 Å². The van der Waals surface area contributed by atoms with Gasteiger partial charge in [0.25, 0.3) is 5.91 Å². The Morgan fingerprint density at radius 2 is 1.96 bits per heavy atom. The van der Waals surface area contributed by atoms with E-state index >= 15 is 0 Å². The second-order valence-electron chi connectivity index (χ2n) is 6.92. The molecule has 0 N–H and O–H groups in total. The lowest BCUT2D eigenvalue weighted by Gasteiger charge is -2.35. The minimum atomic E-state index is -0.338. The standard InChI is InChI=1S/C17H28N4O2/c1-12(23-16-8-4-5-9-16)17(22)20-10-6-7-15(11-20)21-14(3)18-13(2)19-21/h12,15-16H,4-11H2,1-3H3/t12-,15-/m0/s1. The fourth-order valence-electron chi connectivity index (χ4n) is 3.86. The third-order valence-corrected chi connectivity index (χ3v) is 5.01. The van der Waals surface area contributed by atoms with E-state index in [1.807, 2.05) is 30.4 Å². The molecule has 0 spiro atoms. The zero-order chi connectivity index (χ0) is 16.4. The number of carbonyl (C=O) groups is 1. The van der Waals surface area contributed by atoms with Crippen LogP contribution in [0, 0.1) is 13.8 Å². The van der Waals surface area contributed by atoms with Gasteiger partial charge in [0.05, 0.1) is 12.1 Å². The Balaban J connectivity index is 1.61. The minimum absolute atomic E-state index is 0.121. The van der Waals surface area contributed by atoms with Crippen LogP contribution in [-0.2, 0) is 9.53 Å². The number of amides is 1. The van der Waals surface area contributed by atoms with E-state index in [0.717, 1.165) is 43.9 Å². The van der Waals surface area contributed by atoms with Crippen LogP contribution in [0.15, 0.2) is 0 Å². The molecule has 6 nitrogen and oxygen atoms in total. The van der Waals surface area contributed by atoms with Gasteiger partial charge in [-0.1, -0.05) is 12.8 Å². The van der Waals surface area contributed by atoms with Crippen LogP contribution < -0.4 is 0 Å². The van der Waals surface area contributed by atoms with Gasteiger partial charge in [0.1, 0.15) is 17.8 Å². The van der Waals surface area contributed by atoms with Crippen molar-refractivity contribution in [2.24, 2.45) is 0 Å². The Labute approximate surface area is 138 Å². The first-order valence-electron chi connectivity index (χ1n) is 8.88. The van der Waals surface area contributed by atoms with Gasteiger partial charge in [-0.15, -0.1) is 0 Å². The molecule has 3 rings (SSSR count). The largest absolute Gasteiger partial charge is 0.365 e. The zero-order valence-corrected chi connectivity index (χ0v) is 14.5. The molecule has 2 fully saturated rings. The highest BCUT2D eigenvalue weighted by molar-refractivity contribution is 5.80. The Morgan fingerprint density at radius 3 is 2.61 bits per heavy atom. The average molecular weight is 320 g/mol. The smallest absolute Gasteiger partial charge is 0.251 e. The van der Waals surface area contributed by atoms with Crippen LogP contribution in [0.3, 0.4) is 0 Å². The molecular weight excluding hydrogens is 292 g/mol. The van der Waals surface area contributed by atoms with Crippen molar-refractivity contribution in [3.05, 3.63) is 11.6 Å². The van der Waals surface area contributed by atoms with Gasteiger partial charge in [0.15, 0.2) is 0 Å². The van der Waals surface area contributed by atoms with Crippen molar-refractivity contribution in [2.45, 2.75) is 77.5 Å². The Morgan fingerprint density at radius 1 is 1.22 bits per heavy atom. The molecule has 1 aromatic rings. The van der Waals surface area contributed by atoms with Crippen molar-refractivity contribution in [1.82, 2.24) is 19.7 Å². The van der Waals surface area contributed by atoms with E-state index in [0.29, 0.717) is 6.54 Å². The summed E-state index contributed by atoms with van der Waals surface area (Å²) in [4.78, 5) is 19.0. The lowest BCUT2D eigenvalue weighted by atomic mass is 10.1. The van der Waals surface area contributed by atoms with Crippen LogP contribution in [0.1, 0.15) is 63.1 Å². The van der Waals surface area contributed by atoms with Crippen LogP contribution in [0.4, 0.5) is 0 Å². The van der Waals surface area contributed by atoms with Crippen molar-refractivity contribution in [3.63, 3.8) is 0 Å². The molecule has 6 heteroatoms. The summed E-state index contributed by atoms with van der Waals surface area (Å²) in [6, 6.07) is 0.229. The zero-order valence-electron chi connectivity index (χ0n) is 14.5. The van der Waals surface area contributed by atoms with Crippen LogP contribution >= 0.6 is 0 Å². The molecule has 2 aliphatic rings. The number of likely N-dealkylation sites (tertiary alicyclic amines) is 1. The number of carbonyl (C=O) groups excluding carboxylic acids is 1. The number of piperidine rings is 1. The third-order valence-electron chi connectivity index (χ3n) is 5.01. The van der Waals surface area contributed by atoms with E-state index in [9.17, 15) is 4.79 Å². The summed E-state index contributed by atoms with van der Waals surface area (Å²) < 4.78 is 7.95. The number of hydrogen-bond donors (Lipinski definition) is 0. The second kappa shape index (κ2) is 6.99. The molecule has 128 valence electrons. The predicted octanol–water partition coefficient (Wildman–Crippen LogP) is 2.41. The number of ether oxygens (including phenoxy) is 1. The summed E-state index contributed by atoms with van der Waals surface area (Å²) >= 11 is 0. The van der Waals surface area contributed by atoms with Crippen molar-refractivity contribution in [3.8, 4) is 0 Å². The van der Waals surface area contributed by atoms with Crippen molar-refractivity contribution in [2.75, 3.05) is 13.1 Å². The van der Waals surface area contributed by atoms with Gasteiger partial charge < -0.3 is 9.64 Å². The van der Waals surface area contributed by atoms with Crippen molar-refractivity contribution >= 4 is 5.91 Å². The number of nitrogens with zero attached hydrogens (tertiary/aromatic N) is 4. The quantitative estimate of drug-likeness (QED) is 0.855. The first kappa shape index (κ1) is 16.4. The molecule has 1 saturated carbocycles. The Kier molecular flexibility index (Phi) is 4.99. The van der Waals surface area contributed by atoms with E-state index in [2.05, 4.69) is 10.1 Å². The molecule has 0 bridgehead atoms. The molecule has 0 aromatic carbocycles. The molecule has 23 heavy (non-hydrogen) atoms. The van der Waals surface area contributed by atoms with Gasteiger partial charge >= 0.3 is 0 Å². The fraction of sp³-hybridized carbons (Fsp3) is 0.824. The summed E-state index contributed by atoms with van der Waals surface area (Å²) in [5.41, 5.74) is 0. The van der Waals surface area contributed by atoms with E-state index in [1.54, 1.807) is 0 Å².